The Hall–Kier alpha value is -3.18. The van der Waals surface area contributed by atoms with Gasteiger partial charge >= 0.3 is 6.03 Å². The number of hydrogen-bond acceptors (Lipinski definition) is 5. The molecule has 1 spiro atoms. The molecular weight excluding hydrogens is 412 g/mol. The molecule has 3 aliphatic rings. The summed E-state index contributed by atoms with van der Waals surface area (Å²) in [5.74, 6) is -0.315. The maximum Gasteiger partial charge on any atom is 0.325 e. The second-order valence-electron chi connectivity index (χ2n) is 8.60. The minimum Gasteiger partial charge on any atom is -0.319 e. The molecule has 2 aliphatic carbocycles. The smallest absolute Gasteiger partial charge is 0.319 e. The summed E-state index contributed by atoms with van der Waals surface area (Å²) in [5.41, 5.74) is 2.31. The largest absolute Gasteiger partial charge is 0.325 e. The van der Waals surface area contributed by atoms with Crippen molar-refractivity contribution in [1.29, 1.82) is 5.26 Å². The van der Waals surface area contributed by atoms with Gasteiger partial charge in [-0.05, 0) is 54.7 Å². The molecule has 0 radical (unpaired) electrons. The topological polar surface area (TPSA) is 102 Å². The lowest BCUT2D eigenvalue weighted by Gasteiger charge is -2.22. The molecule has 158 valence electrons. The Labute approximate surface area is 184 Å². The minimum atomic E-state index is -1.08. The summed E-state index contributed by atoms with van der Waals surface area (Å²) < 4.78 is 0. The van der Waals surface area contributed by atoms with Crippen molar-refractivity contribution in [2.75, 3.05) is 11.9 Å². The summed E-state index contributed by atoms with van der Waals surface area (Å²) in [6.45, 7) is 1.81. The number of carbonyl (C=O) groups excluding carboxylic acids is 3. The number of imide groups is 1. The standard InChI is InChI=1S/C23H22N4O3S/c1-13-6-7-15-16(11-24)20(31-18(15)10-13)25-19(28)12-27-21(29)23(26-22(27)30)9-8-14-4-2-3-5-17(14)23/h2-5,13H,6-10,12H2,1H3,(H,25,28)(H,26,30). The highest BCUT2D eigenvalue weighted by Gasteiger charge is 2.55. The molecule has 2 atom stereocenters. The zero-order chi connectivity index (χ0) is 21.8. The van der Waals surface area contributed by atoms with E-state index in [-0.39, 0.29) is 6.54 Å². The predicted octanol–water partition coefficient (Wildman–Crippen LogP) is 3.08. The van der Waals surface area contributed by atoms with Gasteiger partial charge in [0.25, 0.3) is 5.91 Å². The van der Waals surface area contributed by atoms with Crippen LogP contribution < -0.4 is 10.6 Å². The van der Waals surface area contributed by atoms with Crippen LogP contribution in [-0.4, -0.2) is 29.3 Å². The average Bonchev–Trinajstić information content (AvgIpc) is 3.36. The lowest BCUT2D eigenvalue weighted by atomic mass is 9.89. The van der Waals surface area contributed by atoms with E-state index in [1.54, 1.807) is 0 Å². The number of carbonyl (C=O) groups is 3. The summed E-state index contributed by atoms with van der Waals surface area (Å²) in [4.78, 5) is 40.7. The van der Waals surface area contributed by atoms with E-state index in [1.807, 2.05) is 24.3 Å². The van der Waals surface area contributed by atoms with Crippen molar-refractivity contribution in [3.8, 4) is 6.07 Å². The van der Waals surface area contributed by atoms with Crippen molar-refractivity contribution >= 4 is 34.2 Å². The van der Waals surface area contributed by atoms with E-state index in [1.165, 1.54) is 11.3 Å². The van der Waals surface area contributed by atoms with Gasteiger partial charge in [0.15, 0.2) is 0 Å². The molecule has 0 saturated carbocycles. The second-order valence-corrected chi connectivity index (χ2v) is 9.70. The monoisotopic (exact) mass is 434 g/mol. The molecule has 1 aromatic heterocycles. The van der Waals surface area contributed by atoms with Crippen LogP contribution in [0.15, 0.2) is 24.3 Å². The minimum absolute atomic E-state index is 0.377. The Morgan fingerprint density at radius 1 is 1.35 bits per heavy atom. The van der Waals surface area contributed by atoms with Gasteiger partial charge in [0.2, 0.25) is 5.91 Å². The predicted molar refractivity (Wildman–Crippen MR) is 116 cm³/mol. The van der Waals surface area contributed by atoms with Crippen LogP contribution in [0.1, 0.15) is 46.9 Å². The van der Waals surface area contributed by atoms with Gasteiger partial charge in [-0.3, -0.25) is 14.5 Å². The van der Waals surface area contributed by atoms with Crippen LogP contribution in [0.5, 0.6) is 0 Å². The number of rotatable bonds is 3. The molecule has 1 aromatic carbocycles. The fraction of sp³-hybridized carbons (Fsp3) is 0.391. The van der Waals surface area contributed by atoms with Gasteiger partial charge in [-0.15, -0.1) is 11.3 Å². The average molecular weight is 435 g/mol. The van der Waals surface area contributed by atoms with Gasteiger partial charge in [0.05, 0.1) is 5.56 Å². The first kappa shape index (κ1) is 19.8. The third-order valence-corrected chi connectivity index (χ3v) is 7.77. The van der Waals surface area contributed by atoms with Crippen LogP contribution in [0.3, 0.4) is 0 Å². The van der Waals surface area contributed by atoms with E-state index in [9.17, 15) is 19.6 Å². The first-order valence-corrected chi connectivity index (χ1v) is 11.3. The van der Waals surface area contributed by atoms with Gasteiger partial charge in [0.1, 0.15) is 23.2 Å². The van der Waals surface area contributed by atoms with E-state index in [2.05, 4.69) is 23.6 Å². The molecule has 4 amide bonds. The molecule has 7 nitrogen and oxygen atoms in total. The van der Waals surface area contributed by atoms with Crippen molar-refractivity contribution in [2.45, 2.75) is 44.6 Å². The van der Waals surface area contributed by atoms with E-state index in [0.717, 1.165) is 45.7 Å². The number of nitrogens with zero attached hydrogens (tertiary/aromatic N) is 2. The Kier molecular flexibility index (Phi) is 4.59. The molecule has 1 saturated heterocycles. The van der Waals surface area contributed by atoms with E-state index in [0.29, 0.717) is 29.3 Å². The van der Waals surface area contributed by atoms with Crippen molar-refractivity contribution in [1.82, 2.24) is 10.2 Å². The van der Waals surface area contributed by atoms with Crippen molar-refractivity contribution < 1.29 is 14.4 Å². The highest BCUT2D eigenvalue weighted by Crippen LogP contribution is 2.42. The van der Waals surface area contributed by atoms with Crippen LogP contribution in [0.4, 0.5) is 9.80 Å². The van der Waals surface area contributed by atoms with Gasteiger partial charge in [-0.25, -0.2) is 4.79 Å². The number of urea groups is 1. The molecule has 5 rings (SSSR count). The maximum absolute atomic E-state index is 13.2. The number of aryl methyl sites for hydroxylation is 1. The Bertz CT molecular complexity index is 1160. The lowest BCUT2D eigenvalue weighted by Crippen LogP contribution is -2.42. The number of nitrogens with one attached hydrogen (secondary N) is 2. The fourth-order valence-corrected chi connectivity index (χ4v) is 6.38. The number of nitriles is 1. The number of benzene rings is 1. The zero-order valence-corrected chi connectivity index (χ0v) is 18.0. The zero-order valence-electron chi connectivity index (χ0n) is 17.2. The molecule has 1 aliphatic heterocycles. The van der Waals surface area contributed by atoms with Gasteiger partial charge in [-0.2, -0.15) is 5.26 Å². The Morgan fingerprint density at radius 3 is 2.97 bits per heavy atom. The molecule has 1 fully saturated rings. The number of thiophene rings is 1. The molecule has 2 aromatic rings. The summed E-state index contributed by atoms with van der Waals surface area (Å²) in [6, 6.07) is 9.25. The number of hydrogen-bond donors (Lipinski definition) is 2. The van der Waals surface area contributed by atoms with Crippen molar-refractivity contribution in [2.24, 2.45) is 5.92 Å². The van der Waals surface area contributed by atoms with Crippen LogP contribution in [0.25, 0.3) is 0 Å². The van der Waals surface area contributed by atoms with Crippen LogP contribution in [0.2, 0.25) is 0 Å². The Morgan fingerprint density at radius 2 is 2.16 bits per heavy atom. The summed E-state index contributed by atoms with van der Waals surface area (Å²) in [6.07, 6.45) is 3.95. The summed E-state index contributed by atoms with van der Waals surface area (Å²) >= 11 is 1.43. The fourth-order valence-electron chi connectivity index (χ4n) is 5.00. The summed E-state index contributed by atoms with van der Waals surface area (Å²) in [5, 5.41) is 15.7. The first-order chi connectivity index (χ1) is 14.9. The third-order valence-electron chi connectivity index (χ3n) is 6.60. The second kappa shape index (κ2) is 7.20. The molecule has 2 N–H and O–H groups in total. The maximum atomic E-state index is 13.2. The first-order valence-electron chi connectivity index (χ1n) is 10.5. The van der Waals surface area contributed by atoms with Gasteiger partial charge in [-0.1, -0.05) is 31.2 Å². The normalized spacial score (nSPS) is 24.0. The quantitative estimate of drug-likeness (QED) is 0.725. The molecule has 2 unspecified atom stereocenters. The molecule has 31 heavy (non-hydrogen) atoms. The highest BCUT2D eigenvalue weighted by molar-refractivity contribution is 7.16. The molecule has 0 bridgehead atoms. The van der Waals surface area contributed by atoms with Crippen molar-refractivity contribution in [3.63, 3.8) is 0 Å². The Balaban J connectivity index is 1.35. The summed E-state index contributed by atoms with van der Waals surface area (Å²) in [7, 11) is 0. The van der Waals surface area contributed by atoms with Gasteiger partial charge < -0.3 is 10.6 Å². The number of anilines is 1. The van der Waals surface area contributed by atoms with Crippen LogP contribution in [-0.2, 0) is 34.4 Å². The molecule has 2 heterocycles. The van der Waals surface area contributed by atoms with Crippen molar-refractivity contribution in [3.05, 3.63) is 51.4 Å². The lowest BCUT2D eigenvalue weighted by molar-refractivity contribution is -0.134. The van der Waals surface area contributed by atoms with Gasteiger partial charge in [0, 0.05) is 4.88 Å². The van der Waals surface area contributed by atoms with Crippen LogP contribution in [0, 0.1) is 17.2 Å². The SMILES string of the molecule is CC1CCc2c(sc(NC(=O)CN3C(=O)NC4(CCc5ccccc54)C3=O)c2C#N)C1. The number of fused-ring (bicyclic) bond motifs is 3. The van der Waals surface area contributed by atoms with E-state index >= 15 is 0 Å². The van der Waals surface area contributed by atoms with Crippen LogP contribution >= 0.6 is 11.3 Å². The molecular formula is C23H22N4O3S. The third kappa shape index (κ3) is 3.03. The number of amides is 4. The van der Waals surface area contributed by atoms with E-state index in [4.69, 9.17) is 0 Å². The van der Waals surface area contributed by atoms with E-state index < -0.39 is 23.4 Å². The molecule has 8 heteroatoms. The highest BCUT2D eigenvalue weighted by atomic mass is 32.1.